The zero-order chi connectivity index (χ0) is 17.7. The second-order valence-corrected chi connectivity index (χ2v) is 6.51. The molecule has 2 aromatic rings. The van der Waals surface area contributed by atoms with Gasteiger partial charge >= 0.3 is 0 Å². The van der Waals surface area contributed by atoms with Gasteiger partial charge in [-0.2, -0.15) is 0 Å². The number of rotatable bonds is 6. The molecule has 0 aliphatic rings. The average molecular weight is 412 g/mol. The molecule has 2 aromatic carbocycles. The normalized spacial score (nSPS) is 13.1. The largest absolute Gasteiger partial charge is 0.378 e. The molecule has 5 nitrogen and oxygen atoms in total. The molecule has 126 valence electrons. The summed E-state index contributed by atoms with van der Waals surface area (Å²) in [7, 11) is 0. The Morgan fingerprint density at radius 3 is 2.50 bits per heavy atom. The van der Waals surface area contributed by atoms with E-state index in [9.17, 15) is 14.7 Å². The minimum Gasteiger partial charge on any atom is -0.378 e. The predicted molar refractivity (Wildman–Crippen MR) is 95.4 cm³/mol. The van der Waals surface area contributed by atoms with Crippen LogP contribution >= 0.6 is 27.5 Å². The first-order chi connectivity index (χ1) is 11.4. The quantitative estimate of drug-likeness (QED) is 0.681. The summed E-state index contributed by atoms with van der Waals surface area (Å²) in [5, 5.41) is 13.1. The number of carbonyl (C=O) groups excluding carboxylic acids is 2. The van der Waals surface area contributed by atoms with Crippen molar-refractivity contribution in [3.8, 4) is 0 Å². The highest BCUT2D eigenvalue weighted by Gasteiger charge is 2.24. The van der Waals surface area contributed by atoms with Crippen LogP contribution in [0.4, 0.5) is 0 Å². The maximum atomic E-state index is 12.2. The van der Waals surface area contributed by atoms with E-state index in [-0.39, 0.29) is 6.42 Å². The van der Waals surface area contributed by atoms with Gasteiger partial charge in [0.15, 0.2) is 6.10 Å². The van der Waals surface area contributed by atoms with Gasteiger partial charge in [-0.25, -0.2) is 0 Å². The van der Waals surface area contributed by atoms with Gasteiger partial charge < -0.3 is 16.2 Å². The van der Waals surface area contributed by atoms with Crippen molar-refractivity contribution in [3.05, 3.63) is 69.2 Å². The van der Waals surface area contributed by atoms with Crippen molar-refractivity contribution in [2.75, 3.05) is 0 Å². The maximum Gasteiger partial charge on any atom is 0.254 e. The highest BCUT2D eigenvalue weighted by Crippen LogP contribution is 2.22. The van der Waals surface area contributed by atoms with Crippen molar-refractivity contribution in [2.45, 2.75) is 18.6 Å². The molecule has 2 atom stereocenters. The van der Waals surface area contributed by atoms with Crippen molar-refractivity contribution in [3.63, 3.8) is 0 Å². The number of aliphatic hydroxyl groups is 1. The van der Waals surface area contributed by atoms with Crippen LogP contribution in [0.1, 0.15) is 17.2 Å². The number of hydrogen-bond acceptors (Lipinski definition) is 3. The number of primary amides is 1. The lowest BCUT2D eigenvalue weighted by Gasteiger charge is -2.19. The summed E-state index contributed by atoms with van der Waals surface area (Å²) >= 11 is 9.32. The Morgan fingerprint density at radius 2 is 1.88 bits per heavy atom. The van der Waals surface area contributed by atoms with Crippen LogP contribution in [0.5, 0.6) is 0 Å². The van der Waals surface area contributed by atoms with E-state index in [1.807, 2.05) is 0 Å². The number of halogens is 2. The monoisotopic (exact) mass is 410 g/mol. The highest BCUT2D eigenvalue weighted by atomic mass is 79.9. The first kappa shape index (κ1) is 18.4. The van der Waals surface area contributed by atoms with Gasteiger partial charge in [0.2, 0.25) is 5.91 Å². The Hall–Kier alpha value is -1.89. The van der Waals surface area contributed by atoms with Crippen LogP contribution in [0, 0.1) is 0 Å². The van der Waals surface area contributed by atoms with Crippen LogP contribution in [0.2, 0.25) is 5.02 Å². The van der Waals surface area contributed by atoms with Crippen LogP contribution in [0.3, 0.4) is 0 Å². The smallest absolute Gasteiger partial charge is 0.254 e. The summed E-state index contributed by atoms with van der Waals surface area (Å²) in [6, 6.07) is 12.6. The lowest BCUT2D eigenvalue weighted by atomic mass is 10.0. The van der Waals surface area contributed by atoms with E-state index in [0.29, 0.717) is 10.6 Å². The second-order valence-electron chi connectivity index (χ2n) is 5.22. The molecular formula is C17H16BrClN2O3. The third kappa shape index (κ3) is 4.80. The van der Waals surface area contributed by atoms with Crippen LogP contribution in [0.25, 0.3) is 0 Å². The third-order valence-corrected chi connectivity index (χ3v) is 4.46. The summed E-state index contributed by atoms with van der Waals surface area (Å²) in [5.41, 5.74) is 6.53. The molecule has 0 radical (unpaired) electrons. The molecule has 0 aliphatic heterocycles. The van der Waals surface area contributed by atoms with Crippen LogP contribution in [0.15, 0.2) is 53.0 Å². The average Bonchev–Trinajstić information content (AvgIpc) is 2.57. The van der Waals surface area contributed by atoms with Gasteiger partial charge in [0.25, 0.3) is 5.91 Å². The van der Waals surface area contributed by atoms with Gasteiger partial charge in [-0.15, -0.1) is 0 Å². The zero-order valence-electron chi connectivity index (χ0n) is 12.6. The van der Waals surface area contributed by atoms with E-state index < -0.39 is 24.0 Å². The molecule has 0 heterocycles. The van der Waals surface area contributed by atoms with Crippen molar-refractivity contribution >= 4 is 39.3 Å². The summed E-state index contributed by atoms with van der Waals surface area (Å²) in [4.78, 5) is 23.9. The van der Waals surface area contributed by atoms with Crippen molar-refractivity contribution in [2.24, 2.45) is 5.73 Å². The summed E-state index contributed by atoms with van der Waals surface area (Å²) in [6.07, 6.45) is -1.22. The number of hydrogen-bond donors (Lipinski definition) is 3. The number of benzene rings is 2. The molecule has 24 heavy (non-hydrogen) atoms. The fraction of sp³-hybridized carbons (Fsp3) is 0.176. The molecular weight excluding hydrogens is 396 g/mol. The van der Waals surface area contributed by atoms with E-state index in [1.165, 1.54) is 0 Å². The number of aliphatic hydroxyl groups excluding tert-OH is 1. The Bertz CT molecular complexity index is 740. The Labute approximate surface area is 152 Å². The van der Waals surface area contributed by atoms with Crippen molar-refractivity contribution in [1.29, 1.82) is 0 Å². The lowest BCUT2D eigenvalue weighted by molar-refractivity contribution is -0.133. The van der Waals surface area contributed by atoms with Gasteiger partial charge in [0.05, 0.1) is 0 Å². The Balaban J connectivity index is 2.12. The standard InChI is InChI=1S/C17H16BrClN2O3/c18-13-7-6-12(19)8-11(13)9-14(16(20)23)21-17(24)15(22)10-4-2-1-3-5-10/h1-8,14-15,22H,9H2,(H2,20,23)(H,21,24)/t14-,15+/m1/s1. The molecule has 0 unspecified atom stereocenters. The Morgan fingerprint density at radius 1 is 1.21 bits per heavy atom. The number of nitrogens with two attached hydrogens (primary N) is 1. The SMILES string of the molecule is NC(=O)[C@@H](Cc1cc(Cl)ccc1Br)NC(=O)[C@@H](O)c1ccccc1. The lowest BCUT2D eigenvalue weighted by Crippen LogP contribution is -2.47. The fourth-order valence-electron chi connectivity index (χ4n) is 2.18. The zero-order valence-corrected chi connectivity index (χ0v) is 14.9. The molecule has 0 spiro atoms. The molecule has 0 saturated carbocycles. The van der Waals surface area contributed by atoms with Crippen molar-refractivity contribution < 1.29 is 14.7 Å². The number of amides is 2. The van der Waals surface area contributed by atoms with Gasteiger partial charge in [0.1, 0.15) is 6.04 Å². The van der Waals surface area contributed by atoms with E-state index in [0.717, 1.165) is 10.0 Å². The molecule has 0 saturated heterocycles. The third-order valence-electron chi connectivity index (χ3n) is 3.46. The highest BCUT2D eigenvalue weighted by molar-refractivity contribution is 9.10. The summed E-state index contributed by atoms with van der Waals surface area (Å²) < 4.78 is 0.746. The van der Waals surface area contributed by atoms with E-state index >= 15 is 0 Å². The van der Waals surface area contributed by atoms with Crippen LogP contribution < -0.4 is 11.1 Å². The van der Waals surface area contributed by atoms with E-state index in [1.54, 1.807) is 48.5 Å². The molecule has 0 aromatic heterocycles. The first-order valence-corrected chi connectivity index (χ1v) is 8.32. The first-order valence-electron chi connectivity index (χ1n) is 7.15. The molecule has 0 bridgehead atoms. The second kappa shape index (κ2) is 8.28. The van der Waals surface area contributed by atoms with Crippen LogP contribution in [-0.2, 0) is 16.0 Å². The van der Waals surface area contributed by atoms with Gasteiger partial charge in [0, 0.05) is 15.9 Å². The predicted octanol–water partition coefficient (Wildman–Crippen LogP) is 2.35. The molecule has 4 N–H and O–H groups in total. The van der Waals surface area contributed by atoms with Gasteiger partial charge in [-0.05, 0) is 29.3 Å². The number of nitrogens with one attached hydrogen (secondary N) is 1. The topological polar surface area (TPSA) is 92.4 Å². The van der Waals surface area contributed by atoms with Crippen molar-refractivity contribution in [1.82, 2.24) is 5.32 Å². The summed E-state index contributed by atoms with van der Waals surface area (Å²) in [6.45, 7) is 0. The van der Waals surface area contributed by atoms with E-state index in [4.69, 9.17) is 17.3 Å². The molecule has 7 heteroatoms. The van der Waals surface area contributed by atoms with E-state index in [2.05, 4.69) is 21.2 Å². The Kier molecular flexibility index (Phi) is 6.36. The number of carbonyl (C=O) groups is 2. The maximum absolute atomic E-state index is 12.2. The van der Waals surface area contributed by atoms with Gasteiger partial charge in [-0.3, -0.25) is 9.59 Å². The molecule has 2 rings (SSSR count). The minimum atomic E-state index is -1.38. The van der Waals surface area contributed by atoms with Crippen LogP contribution in [-0.4, -0.2) is 23.0 Å². The molecule has 2 amide bonds. The van der Waals surface area contributed by atoms with Gasteiger partial charge in [-0.1, -0.05) is 57.9 Å². The molecule has 0 fully saturated rings. The fourth-order valence-corrected chi connectivity index (χ4v) is 2.78. The minimum absolute atomic E-state index is 0.156. The summed E-state index contributed by atoms with van der Waals surface area (Å²) in [5.74, 6) is -1.39. The molecule has 0 aliphatic carbocycles.